The largest absolute Gasteiger partial charge is 0.354 e. The molecule has 0 radical (unpaired) electrons. The number of unbranched alkanes of at least 4 members (excludes halogenated alkanes) is 1. The van der Waals surface area contributed by atoms with Crippen LogP contribution in [-0.4, -0.2) is 27.2 Å². The zero-order chi connectivity index (χ0) is 11.8. The second-order valence-electron chi connectivity index (χ2n) is 3.34. The zero-order valence-electron chi connectivity index (χ0n) is 9.66. The molecule has 0 bridgehead atoms. The molecule has 1 rings (SSSR count). The molecule has 0 aromatic carbocycles. The molecule has 0 amide bonds. The molecule has 4 nitrogen and oxygen atoms in total. The predicted molar refractivity (Wildman–Crippen MR) is 69.2 cm³/mol. The minimum atomic E-state index is 0.257. The molecule has 16 heavy (non-hydrogen) atoms. The second kappa shape index (κ2) is 7.68. The van der Waals surface area contributed by atoms with Crippen LogP contribution in [0.15, 0.2) is 5.16 Å². The van der Waals surface area contributed by atoms with E-state index in [4.69, 9.17) is 11.6 Å². The lowest BCUT2D eigenvalue weighted by atomic mass is 10.4. The van der Waals surface area contributed by atoms with Crippen molar-refractivity contribution in [3.63, 3.8) is 0 Å². The van der Waals surface area contributed by atoms with E-state index in [1.165, 1.54) is 6.42 Å². The minimum Gasteiger partial charge on any atom is -0.354 e. The van der Waals surface area contributed by atoms with Gasteiger partial charge >= 0.3 is 0 Å². The Bertz CT molecular complexity index is 322. The highest BCUT2D eigenvalue weighted by molar-refractivity contribution is 7.99. The first-order valence-corrected chi connectivity index (χ1v) is 6.90. The van der Waals surface area contributed by atoms with E-state index >= 15 is 0 Å². The van der Waals surface area contributed by atoms with Crippen molar-refractivity contribution < 1.29 is 0 Å². The van der Waals surface area contributed by atoms with Gasteiger partial charge in [-0.3, -0.25) is 0 Å². The molecule has 0 unspecified atom stereocenters. The molecule has 1 heterocycles. The maximum atomic E-state index is 5.83. The summed E-state index contributed by atoms with van der Waals surface area (Å²) in [6, 6.07) is 0. The lowest BCUT2D eigenvalue weighted by molar-refractivity contribution is 0.865. The third-order valence-electron chi connectivity index (χ3n) is 1.85. The SMILES string of the molecule is CCCCSc1nc(Cl)nc(NCCC)n1. The summed E-state index contributed by atoms with van der Waals surface area (Å²) >= 11 is 7.45. The van der Waals surface area contributed by atoms with Crippen molar-refractivity contribution >= 4 is 29.3 Å². The maximum Gasteiger partial charge on any atom is 0.228 e. The van der Waals surface area contributed by atoms with E-state index in [9.17, 15) is 0 Å². The quantitative estimate of drug-likeness (QED) is 0.603. The van der Waals surface area contributed by atoms with Crippen molar-refractivity contribution in [1.82, 2.24) is 15.0 Å². The van der Waals surface area contributed by atoms with Gasteiger partial charge in [0.2, 0.25) is 11.2 Å². The first kappa shape index (κ1) is 13.5. The van der Waals surface area contributed by atoms with E-state index < -0.39 is 0 Å². The smallest absolute Gasteiger partial charge is 0.228 e. The molecular formula is C10H17ClN4S. The van der Waals surface area contributed by atoms with Gasteiger partial charge in [0.15, 0.2) is 5.16 Å². The summed E-state index contributed by atoms with van der Waals surface area (Å²) < 4.78 is 0. The van der Waals surface area contributed by atoms with E-state index in [1.54, 1.807) is 11.8 Å². The van der Waals surface area contributed by atoms with Gasteiger partial charge in [0.25, 0.3) is 0 Å². The Balaban J connectivity index is 2.58. The summed E-state index contributed by atoms with van der Waals surface area (Å²) in [5.41, 5.74) is 0. The molecule has 0 aliphatic heterocycles. The molecule has 1 aromatic heterocycles. The van der Waals surface area contributed by atoms with Gasteiger partial charge in [-0.1, -0.05) is 32.0 Å². The number of nitrogens with zero attached hydrogens (tertiary/aromatic N) is 3. The Labute approximate surface area is 106 Å². The van der Waals surface area contributed by atoms with Gasteiger partial charge in [-0.05, 0) is 24.4 Å². The van der Waals surface area contributed by atoms with Crippen LogP contribution < -0.4 is 5.32 Å². The maximum absolute atomic E-state index is 5.83. The molecule has 0 atom stereocenters. The summed E-state index contributed by atoms with van der Waals surface area (Å²) in [5.74, 6) is 1.59. The van der Waals surface area contributed by atoms with Crippen LogP contribution in [0.2, 0.25) is 5.28 Å². The summed E-state index contributed by atoms with van der Waals surface area (Å²) in [7, 11) is 0. The molecule has 1 N–H and O–H groups in total. The Hall–Kier alpha value is -0.550. The van der Waals surface area contributed by atoms with E-state index in [1.807, 2.05) is 0 Å². The van der Waals surface area contributed by atoms with Gasteiger partial charge < -0.3 is 5.32 Å². The third kappa shape index (κ3) is 4.99. The summed E-state index contributed by atoms with van der Waals surface area (Å²) in [5, 5.41) is 4.06. The third-order valence-corrected chi connectivity index (χ3v) is 2.95. The number of halogens is 1. The molecular weight excluding hydrogens is 244 g/mol. The lowest BCUT2D eigenvalue weighted by Crippen LogP contribution is -2.06. The fourth-order valence-corrected chi connectivity index (χ4v) is 2.15. The van der Waals surface area contributed by atoms with Crippen LogP contribution in [0.25, 0.3) is 0 Å². The van der Waals surface area contributed by atoms with Crippen molar-refractivity contribution in [2.45, 2.75) is 38.3 Å². The van der Waals surface area contributed by atoms with E-state index in [-0.39, 0.29) is 5.28 Å². The molecule has 0 fully saturated rings. The van der Waals surface area contributed by atoms with Crippen LogP contribution in [-0.2, 0) is 0 Å². The number of nitrogens with one attached hydrogen (secondary N) is 1. The normalized spacial score (nSPS) is 10.4. The van der Waals surface area contributed by atoms with Crippen LogP contribution in [0.1, 0.15) is 33.1 Å². The average Bonchev–Trinajstić information content (AvgIpc) is 2.26. The molecule has 0 saturated heterocycles. The Morgan fingerprint density at radius 1 is 1.19 bits per heavy atom. The number of rotatable bonds is 7. The van der Waals surface area contributed by atoms with Crippen LogP contribution in [0, 0.1) is 0 Å². The Morgan fingerprint density at radius 3 is 2.69 bits per heavy atom. The minimum absolute atomic E-state index is 0.257. The highest BCUT2D eigenvalue weighted by atomic mass is 35.5. The van der Waals surface area contributed by atoms with Crippen molar-refractivity contribution in [2.75, 3.05) is 17.6 Å². The first-order valence-electron chi connectivity index (χ1n) is 5.54. The number of aromatic nitrogens is 3. The van der Waals surface area contributed by atoms with Crippen molar-refractivity contribution in [3.8, 4) is 0 Å². The molecule has 0 spiro atoms. The fourth-order valence-electron chi connectivity index (χ4n) is 1.02. The van der Waals surface area contributed by atoms with Crippen molar-refractivity contribution in [1.29, 1.82) is 0 Å². The first-order chi connectivity index (χ1) is 7.76. The van der Waals surface area contributed by atoms with Gasteiger partial charge in [0.05, 0.1) is 0 Å². The van der Waals surface area contributed by atoms with Gasteiger partial charge in [0, 0.05) is 12.3 Å². The molecule has 90 valence electrons. The van der Waals surface area contributed by atoms with Crippen LogP contribution in [0.5, 0.6) is 0 Å². The number of anilines is 1. The monoisotopic (exact) mass is 260 g/mol. The average molecular weight is 261 g/mol. The van der Waals surface area contributed by atoms with Crippen LogP contribution >= 0.6 is 23.4 Å². The summed E-state index contributed by atoms with van der Waals surface area (Å²) in [6.45, 7) is 5.10. The van der Waals surface area contributed by atoms with Crippen LogP contribution in [0.3, 0.4) is 0 Å². The summed E-state index contributed by atoms with van der Waals surface area (Å²) in [4.78, 5) is 12.4. The standard InChI is InChI=1S/C10H17ClN4S/c1-3-5-7-16-10-14-8(11)13-9(15-10)12-6-4-2/h3-7H2,1-2H3,(H,12,13,14,15). The van der Waals surface area contributed by atoms with Gasteiger partial charge in [-0.25, -0.2) is 0 Å². The lowest BCUT2D eigenvalue weighted by Gasteiger charge is -2.04. The van der Waals surface area contributed by atoms with Gasteiger partial charge in [0.1, 0.15) is 0 Å². The molecule has 0 aliphatic rings. The Morgan fingerprint density at radius 2 is 2.00 bits per heavy atom. The van der Waals surface area contributed by atoms with E-state index in [0.717, 1.165) is 25.1 Å². The van der Waals surface area contributed by atoms with E-state index in [0.29, 0.717) is 11.1 Å². The topological polar surface area (TPSA) is 50.7 Å². The number of hydrogen-bond donors (Lipinski definition) is 1. The van der Waals surface area contributed by atoms with Crippen LogP contribution in [0.4, 0.5) is 5.95 Å². The molecule has 6 heteroatoms. The van der Waals surface area contributed by atoms with Crippen molar-refractivity contribution in [3.05, 3.63) is 5.28 Å². The predicted octanol–water partition coefficient (Wildman–Crippen LogP) is 3.24. The fraction of sp³-hybridized carbons (Fsp3) is 0.700. The molecule has 1 aromatic rings. The second-order valence-corrected chi connectivity index (χ2v) is 4.74. The van der Waals surface area contributed by atoms with Gasteiger partial charge in [-0.2, -0.15) is 15.0 Å². The highest BCUT2D eigenvalue weighted by Gasteiger charge is 2.04. The van der Waals surface area contributed by atoms with Crippen molar-refractivity contribution in [2.24, 2.45) is 0 Å². The summed E-state index contributed by atoms with van der Waals surface area (Å²) in [6.07, 6.45) is 3.36. The Kier molecular flexibility index (Phi) is 6.49. The zero-order valence-corrected chi connectivity index (χ0v) is 11.2. The van der Waals surface area contributed by atoms with E-state index in [2.05, 4.69) is 34.1 Å². The molecule has 0 aliphatic carbocycles. The number of thioether (sulfide) groups is 1. The molecule has 0 saturated carbocycles. The van der Waals surface area contributed by atoms with Gasteiger partial charge in [-0.15, -0.1) is 0 Å². The number of hydrogen-bond acceptors (Lipinski definition) is 5. The highest BCUT2D eigenvalue weighted by Crippen LogP contribution is 2.17.